The van der Waals surface area contributed by atoms with E-state index in [2.05, 4.69) is 15.1 Å². The number of amides is 2. The van der Waals surface area contributed by atoms with E-state index in [4.69, 9.17) is 9.47 Å². The average Bonchev–Trinajstić information content (AvgIpc) is 2.54. The molecular weight excluding hydrogens is 272 g/mol. The number of hydrogen-bond donors (Lipinski definition) is 1. The van der Waals surface area contributed by atoms with Crippen LogP contribution in [0, 0.1) is 0 Å². The first-order chi connectivity index (χ1) is 10.3. The molecule has 0 atom stereocenters. The van der Waals surface area contributed by atoms with Gasteiger partial charge in [0.05, 0.1) is 19.8 Å². The molecule has 2 aliphatic rings. The van der Waals surface area contributed by atoms with Gasteiger partial charge in [-0.2, -0.15) is 0 Å². The zero-order valence-electron chi connectivity index (χ0n) is 13.1. The highest BCUT2D eigenvalue weighted by atomic mass is 16.5. The van der Waals surface area contributed by atoms with Crippen LogP contribution in [0.25, 0.3) is 0 Å². The number of carbonyl (C=O) groups excluding carboxylic acids is 1. The molecule has 2 fully saturated rings. The number of rotatable bonds is 6. The number of piperazine rings is 1. The van der Waals surface area contributed by atoms with Crippen molar-refractivity contribution in [3.8, 4) is 0 Å². The lowest BCUT2D eigenvalue weighted by atomic mass is 10.3. The summed E-state index contributed by atoms with van der Waals surface area (Å²) in [5, 5.41) is 3.02. The van der Waals surface area contributed by atoms with Gasteiger partial charge in [-0.25, -0.2) is 4.79 Å². The molecule has 0 aromatic rings. The Kier molecular flexibility index (Phi) is 7.21. The van der Waals surface area contributed by atoms with Crippen molar-refractivity contribution < 1.29 is 14.3 Å². The fourth-order valence-corrected chi connectivity index (χ4v) is 2.65. The number of hydrogen-bond acceptors (Lipinski definition) is 5. The largest absolute Gasteiger partial charge is 0.383 e. The van der Waals surface area contributed by atoms with Gasteiger partial charge in [0.2, 0.25) is 0 Å². The van der Waals surface area contributed by atoms with E-state index in [-0.39, 0.29) is 6.03 Å². The molecule has 2 rings (SSSR count). The Morgan fingerprint density at radius 3 is 2.38 bits per heavy atom. The van der Waals surface area contributed by atoms with Crippen molar-refractivity contribution in [2.45, 2.75) is 0 Å². The number of nitrogens with one attached hydrogen (secondary N) is 1. The van der Waals surface area contributed by atoms with E-state index in [1.54, 1.807) is 7.11 Å². The molecular formula is C14H28N4O3. The smallest absolute Gasteiger partial charge is 0.317 e. The normalized spacial score (nSPS) is 21.5. The lowest BCUT2D eigenvalue weighted by Crippen LogP contribution is -2.53. The molecule has 0 radical (unpaired) electrons. The summed E-state index contributed by atoms with van der Waals surface area (Å²) >= 11 is 0. The molecule has 21 heavy (non-hydrogen) atoms. The van der Waals surface area contributed by atoms with Crippen LogP contribution in [0.2, 0.25) is 0 Å². The molecule has 0 aromatic heterocycles. The fraction of sp³-hybridized carbons (Fsp3) is 0.929. The van der Waals surface area contributed by atoms with Crippen LogP contribution in [0.3, 0.4) is 0 Å². The van der Waals surface area contributed by atoms with Crippen molar-refractivity contribution in [2.75, 3.05) is 85.8 Å². The van der Waals surface area contributed by atoms with Gasteiger partial charge >= 0.3 is 6.03 Å². The number of methoxy groups -OCH3 is 1. The fourth-order valence-electron chi connectivity index (χ4n) is 2.65. The molecule has 122 valence electrons. The Bertz CT molecular complexity index is 303. The van der Waals surface area contributed by atoms with E-state index in [0.717, 1.165) is 72.2 Å². The van der Waals surface area contributed by atoms with E-state index < -0.39 is 0 Å². The molecule has 2 saturated heterocycles. The molecule has 0 aromatic carbocycles. The Hall–Kier alpha value is -0.890. The molecule has 7 nitrogen and oxygen atoms in total. The first kappa shape index (κ1) is 16.5. The lowest BCUT2D eigenvalue weighted by Gasteiger charge is -2.34. The molecule has 2 heterocycles. The third-order valence-corrected chi connectivity index (χ3v) is 4.08. The van der Waals surface area contributed by atoms with Crippen LogP contribution in [0.15, 0.2) is 0 Å². The minimum atomic E-state index is 0.0645. The van der Waals surface area contributed by atoms with Crippen molar-refractivity contribution in [3.05, 3.63) is 0 Å². The van der Waals surface area contributed by atoms with Gasteiger partial charge in [-0.15, -0.1) is 0 Å². The van der Waals surface area contributed by atoms with Crippen LogP contribution >= 0.6 is 0 Å². The first-order valence-electron chi connectivity index (χ1n) is 7.84. The quantitative estimate of drug-likeness (QED) is 0.702. The summed E-state index contributed by atoms with van der Waals surface area (Å²) < 4.78 is 10.4. The minimum Gasteiger partial charge on any atom is -0.383 e. The third-order valence-electron chi connectivity index (χ3n) is 4.08. The van der Waals surface area contributed by atoms with E-state index in [1.165, 1.54) is 0 Å². The molecule has 0 bridgehead atoms. The topological polar surface area (TPSA) is 57.3 Å². The number of carbonyl (C=O) groups is 1. The second-order valence-corrected chi connectivity index (χ2v) is 5.51. The number of morpholine rings is 1. The summed E-state index contributed by atoms with van der Waals surface area (Å²) in [7, 11) is 1.72. The predicted octanol–water partition coefficient (Wildman–Crippen LogP) is -0.708. The van der Waals surface area contributed by atoms with E-state index in [1.807, 2.05) is 4.90 Å². The van der Waals surface area contributed by atoms with Crippen LogP contribution in [-0.4, -0.2) is 107 Å². The van der Waals surface area contributed by atoms with Gasteiger partial charge in [-0.1, -0.05) is 0 Å². The van der Waals surface area contributed by atoms with Gasteiger partial charge in [0.15, 0.2) is 0 Å². The second kappa shape index (κ2) is 9.19. The van der Waals surface area contributed by atoms with E-state index in [9.17, 15) is 4.79 Å². The molecule has 0 aliphatic carbocycles. The maximum Gasteiger partial charge on any atom is 0.317 e. The van der Waals surface area contributed by atoms with Gasteiger partial charge in [0.25, 0.3) is 0 Å². The highest BCUT2D eigenvalue weighted by Gasteiger charge is 2.20. The van der Waals surface area contributed by atoms with Crippen molar-refractivity contribution in [1.29, 1.82) is 0 Å². The van der Waals surface area contributed by atoms with Crippen LogP contribution < -0.4 is 5.32 Å². The van der Waals surface area contributed by atoms with Crippen molar-refractivity contribution in [3.63, 3.8) is 0 Å². The van der Waals surface area contributed by atoms with Crippen molar-refractivity contribution >= 4 is 6.03 Å². The van der Waals surface area contributed by atoms with Gasteiger partial charge in [-0.3, -0.25) is 9.80 Å². The van der Waals surface area contributed by atoms with Crippen LogP contribution in [0.1, 0.15) is 0 Å². The first-order valence-corrected chi connectivity index (χ1v) is 7.84. The maximum absolute atomic E-state index is 12.1. The zero-order chi connectivity index (χ0) is 14.9. The summed E-state index contributed by atoms with van der Waals surface area (Å²) in [5.41, 5.74) is 0. The third kappa shape index (κ3) is 5.78. The predicted molar refractivity (Wildman–Crippen MR) is 80.5 cm³/mol. The summed E-state index contributed by atoms with van der Waals surface area (Å²) in [4.78, 5) is 18.7. The molecule has 0 unspecified atom stereocenters. The highest BCUT2D eigenvalue weighted by Crippen LogP contribution is 2.02. The van der Waals surface area contributed by atoms with Gasteiger partial charge in [0.1, 0.15) is 0 Å². The van der Waals surface area contributed by atoms with Crippen LogP contribution in [0.5, 0.6) is 0 Å². The molecule has 7 heteroatoms. The SMILES string of the molecule is COCCN1CCN(C(=O)NCCN2CCOCC2)CC1. The van der Waals surface area contributed by atoms with E-state index >= 15 is 0 Å². The summed E-state index contributed by atoms with van der Waals surface area (Å²) in [5.74, 6) is 0. The van der Waals surface area contributed by atoms with Crippen molar-refractivity contribution in [1.82, 2.24) is 20.0 Å². The minimum absolute atomic E-state index is 0.0645. The van der Waals surface area contributed by atoms with E-state index in [0.29, 0.717) is 6.54 Å². The molecule has 2 aliphatic heterocycles. The highest BCUT2D eigenvalue weighted by molar-refractivity contribution is 5.74. The molecule has 1 N–H and O–H groups in total. The summed E-state index contributed by atoms with van der Waals surface area (Å²) in [6.07, 6.45) is 0. The molecule has 2 amide bonds. The zero-order valence-corrected chi connectivity index (χ0v) is 13.1. The molecule has 0 spiro atoms. The molecule has 0 saturated carbocycles. The lowest BCUT2D eigenvalue weighted by molar-refractivity contribution is 0.0384. The summed E-state index contributed by atoms with van der Waals surface area (Å²) in [6, 6.07) is 0.0645. The monoisotopic (exact) mass is 300 g/mol. The Balaban J connectivity index is 1.56. The number of nitrogens with zero attached hydrogens (tertiary/aromatic N) is 3. The maximum atomic E-state index is 12.1. The van der Waals surface area contributed by atoms with Crippen LogP contribution in [-0.2, 0) is 9.47 Å². The van der Waals surface area contributed by atoms with Gasteiger partial charge in [-0.05, 0) is 0 Å². The van der Waals surface area contributed by atoms with Gasteiger partial charge in [0, 0.05) is 66.0 Å². The average molecular weight is 300 g/mol. The second-order valence-electron chi connectivity index (χ2n) is 5.51. The Morgan fingerprint density at radius 2 is 1.71 bits per heavy atom. The van der Waals surface area contributed by atoms with Crippen molar-refractivity contribution in [2.24, 2.45) is 0 Å². The Labute approximate surface area is 127 Å². The number of ether oxygens (including phenoxy) is 2. The van der Waals surface area contributed by atoms with Gasteiger partial charge < -0.3 is 19.7 Å². The summed E-state index contributed by atoms with van der Waals surface area (Å²) in [6.45, 7) is 10.3. The standard InChI is InChI=1S/C14H28N4O3/c1-20-11-8-17-4-6-18(7-5-17)14(19)15-2-3-16-9-12-21-13-10-16/h2-13H2,1H3,(H,15,19). The number of urea groups is 1. The van der Waals surface area contributed by atoms with Crippen LogP contribution in [0.4, 0.5) is 4.79 Å². The Morgan fingerprint density at radius 1 is 1.05 bits per heavy atom.